The number of piperidine rings is 1. The number of aromatic amines is 1. The standard InChI is InChI=1S/C22H27N7O3S/c1-14-23-19(13-28(14)2)33(31,32)29-11-9-17(10-12-29)22(30)24-18-7-5-16(6-8-18)21-25-20(26-27-21)15-3-4-15/h5-8,13,15,17H,3-4,9-12H2,1-2H3,(H,24,30)(H,25,26,27). The van der Waals surface area contributed by atoms with Gasteiger partial charge in [0, 0.05) is 49.4 Å². The van der Waals surface area contributed by atoms with Crippen LogP contribution in [0.25, 0.3) is 11.4 Å². The summed E-state index contributed by atoms with van der Waals surface area (Å²) in [5.41, 5.74) is 1.58. The Kier molecular flexibility index (Phi) is 5.53. The number of benzene rings is 1. The molecule has 10 nitrogen and oxygen atoms in total. The van der Waals surface area contributed by atoms with E-state index >= 15 is 0 Å². The first-order valence-corrected chi connectivity index (χ1v) is 12.6. The fourth-order valence-corrected chi connectivity index (χ4v) is 5.53. The molecule has 0 spiro atoms. The maximum atomic E-state index is 12.8. The number of amides is 1. The van der Waals surface area contributed by atoms with Crippen LogP contribution in [0.2, 0.25) is 0 Å². The van der Waals surface area contributed by atoms with Gasteiger partial charge in [-0.05, 0) is 56.9 Å². The van der Waals surface area contributed by atoms with Crippen molar-refractivity contribution in [2.24, 2.45) is 13.0 Å². The largest absolute Gasteiger partial charge is 0.337 e. The number of nitrogens with zero attached hydrogens (tertiary/aromatic N) is 5. The first-order valence-electron chi connectivity index (χ1n) is 11.1. The van der Waals surface area contributed by atoms with Crippen molar-refractivity contribution in [3.8, 4) is 11.4 Å². The summed E-state index contributed by atoms with van der Waals surface area (Å²) in [5.74, 6) is 2.41. The second-order valence-corrected chi connectivity index (χ2v) is 10.7. The van der Waals surface area contributed by atoms with Crippen LogP contribution in [0.4, 0.5) is 5.69 Å². The Balaban J connectivity index is 1.17. The van der Waals surface area contributed by atoms with Gasteiger partial charge in [-0.2, -0.15) is 9.40 Å². The minimum Gasteiger partial charge on any atom is -0.337 e. The summed E-state index contributed by atoms with van der Waals surface area (Å²) in [6.07, 6.45) is 4.78. The highest BCUT2D eigenvalue weighted by atomic mass is 32.2. The van der Waals surface area contributed by atoms with E-state index in [0.29, 0.717) is 49.2 Å². The highest BCUT2D eigenvalue weighted by Crippen LogP contribution is 2.38. The Bertz CT molecular complexity index is 1250. The maximum Gasteiger partial charge on any atom is 0.262 e. The average molecular weight is 470 g/mol. The van der Waals surface area contributed by atoms with Crippen LogP contribution in [0.5, 0.6) is 0 Å². The maximum absolute atomic E-state index is 12.8. The van der Waals surface area contributed by atoms with E-state index in [0.717, 1.165) is 24.2 Å². The number of anilines is 1. The Labute approximate surface area is 192 Å². The summed E-state index contributed by atoms with van der Waals surface area (Å²) in [4.78, 5) is 21.5. The lowest BCUT2D eigenvalue weighted by Crippen LogP contribution is -2.41. The fraction of sp³-hybridized carbons (Fsp3) is 0.455. The SMILES string of the molecule is Cc1nc(S(=O)(=O)N2CCC(C(=O)Nc3ccc(-c4n[nH]c(C5CC5)n4)cc3)CC2)cn1C. The van der Waals surface area contributed by atoms with Gasteiger partial charge < -0.3 is 9.88 Å². The number of rotatable bonds is 6. The molecule has 1 amide bonds. The van der Waals surface area contributed by atoms with Crippen LogP contribution in [-0.2, 0) is 21.9 Å². The number of nitrogens with one attached hydrogen (secondary N) is 2. The number of aryl methyl sites for hydroxylation is 2. The monoisotopic (exact) mass is 469 g/mol. The summed E-state index contributed by atoms with van der Waals surface area (Å²) < 4.78 is 28.8. The molecule has 1 saturated carbocycles. The molecule has 3 aromatic rings. The summed E-state index contributed by atoms with van der Waals surface area (Å²) in [5, 5.41) is 10.3. The fourth-order valence-electron chi connectivity index (χ4n) is 4.03. The molecular formula is C22H27N7O3S. The molecule has 3 heterocycles. The normalized spacial score (nSPS) is 17.9. The van der Waals surface area contributed by atoms with E-state index in [-0.39, 0.29) is 16.9 Å². The number of sulfonamides is 1. The topological polar surface area (TPSA) is 126 Å². The van der Waals surface area contributed by atoms with Crippen molar-refractivity contribution >= 4 is 21.6 Å². The second-order valence-electron chi connectivity index (χ2n) is 8.80. The lowest BCUT2D eigenvalue weighted by atomic mass is 9.97. The smallest absolute Gasteiger partial charge is 0.262 e. The van der Waals surface area contributed by atoms with Gasteiger partial charge in [0.15, 0.2) is 10.9 Å². The van der Waals surface area contributed by atoms with Crippen LogP contribution in [-0.4, -0.2) is 56.5 Å². The van der Waals surface area contributed by atoms with Gasteiger partial charge in [0.05, 0.1) is 0 Å². The van der Waals surface area contributed by atoms with E-state index in [4.69, 9.17) is 0 Å². The van der Waals surface area contributed by atoms with Gasteiger partial charge in [-0.1, -0.05) is 0 Å². The number of H-pyrrole nitrogens is 1. The zero-order chi connectivity index (χ0) is 23.2. The first-order chi connectivity index (χ1) is 15.8. The molecule has 1 saturated heterocycles. The molecule has 1 aliphatic heterocycles. The predicted octanol–water partition coefficient (Wildman–Crippen LogP) is 2.43. The molecular weight excluding hydrogens is 442 g/mol. The lowest BCUT2D eigenvalue weighted by Gasteiger charge is -2.29. The van der Waals surface area contributed by atoms with Gasteiger partial charge >= 0.3 is 0 Å². The van der Waals surface area contributed by atoms with Crippen molar-refractivity contribution in [1.29, 1.82) is 0 Å². The van der Waals surface area contributed by atoms with Crippen molar-refractivity contribution in [1.82, 2.24) is 29.0 Å². The molecule has 0 bridgehead atoms. The second kappa shape index (κ2) is 8.38. The Morgan fingerprint density at radius 2 is 1.79 bits per heavy atom. The molecule has 0 radical (unpaired) electrons. The van der Waals surface area contributed by atoms with E-state index < -0.39 is 10.0 Å². The summed E-state index contributed by atoms with van der Waals surface area (Å²) in [6.45, 7) is 2.35. The van der Waals surface area contributed by atoms with Gasteiger partial charge in [0.2, 0.25) is 5.91 Å². The van der Waals surface area contributed by atoms with Crippen LogP contribution >= 0.6 is 0 Å². The molecule has 0 atom stereocenters. The number of imidazole rings is 1. The molecule has 1 aliphatic carbocycles. The highest BCUT2D eigenvalue weighted by molar-refractivity contribution is 7.89. The van der Waals surface area contributed by atoms with Crippen molar-refractivity contribution in [3.63, 3.8) is 0 Å². The van der Waals surface area contributed by atoms with Crippen LogP contribution in [0.3, 0.4) is 0 Å². The number of carbonyl (C=O) groups is 1. The molecule has 0 unspecified atom stereocenters. The molecule has 174 valence electrons. The van der Waals surface area contributed by atoms with Crippen molar-refractivity contribution in [3.05, 3.63) is 42.1 Å². The van der Waals surface area contributed by atoms with Crippen LogP contribution < -0.4 is 5.32 Å². The average Bonchev–Trinajstić information content (AvgIpc) is 3.44. The lowest BCUT2D eigenvalue weighted by molar-refractivity contribution is -0.120. The Hall–Kier alpha value is -3.05. The number of hydrogen-bond donors (Lipinski definition) is 2. The molecule has 2 fully saturated rings. The van der Waals surface area contributed by atoms with Gasteiger partial charge in [0.1, 0.15) is 11.6 Å². The van der Waals surface area contributed by atoms with E-state index in [2.05, 4.69) is 25.5 Å². The Morgan fingerprint density at radius 3 is 2.39 bits per heavy atom. The van der Waals surface area contributed by atoms with Gasteiger partial charge in [-0.3, -0.25) is 9.89 Å². The zero-order valence-electron chi connectivity index (χ0n) is 18.7. The molecule has 33 heavy (non-hydrogen) atoms. The van der Waals surface area contributed by atoms with Crippen molar-refractivity contribution < 1.29 is 13.2 Å². The molecule has 2 aromatic heterocycles. The summed E-state index contributed by atoms with van der Waals surface area (Å²) in [7, 11) is -1.88. The zero-order valence-corrected chi connectivity index (χ0v) is 19.5. The highest BCUT2D eigenvalue weighted by Gasteiger charge is 2.33. The van der Waals surface area contributed by atoms with E-state index in [1.165, 1.54) is 10.5 Å². The van der Waals surface area contributed by atoms with Crippen LogP contribution in [0, 0.1) is 12.8 Å². The number of hydrogen-bond acceptors (Lipinski definition) is 6. The van der Waals surface area contributed by atoms with E-state index in [9.17, 15) is 13.2 Å². The molecule has 5 rings (SSSR count). The minimum atomic E-state index is -3.65. The number of carbonyl (C=O) groups excluding carboxylic acids is 1. The molecule has 11 heteroatoms. The third-order valence-corrected chi connectivity index (χ3v) is 8.16. The summed E-state index contributed by atoms with van der Waals surface area (Å²) >= 11 is 0. The van der Waals surface area contributed by atoms with Gasteiger partial charge in [-0.25, -0.2) is 18.4 Å². The Morgan fingerprint density at radius 1 is 1.09 bits per heavy atom. The first kappa shape index (κ1) is 21.8. The predicted molar refractivity (Wildman–Crippen MR) is 122 cm³/mol. The quantitative estimate of drug-likeness (QED) is 0.571. The molecule has 2 aliphatic rings. The van der Waals surface area contributed by atoms with Crippen LogP contribution in [0.1, 0.15) is 43.3 Å². The van der Waals surface area contributed by atoms with E-state index in [1.807, 2.05) is 24.3 Å². The van der Waals surface area contributed by atoms with Crippen LogP contribution in [0.15, 0.2) is 35.5 Å². The van der Waals surface area contributed by atoms with E-state index in [1.54, 1.807) is 18.5 Å². The minimum absolute atomic E-state index is 0.0566. The van der Waals surface area contributed by atoms with Crippen molar-refractivity contribution in [2.75, 3.05) is 18.4 Å². The van der Waals surface area contributed by atoms with Gasteiger partial charge in [0.25, 0.3) is 10.0 Å². The molecule has 1 aromatic carbocycles. The third-order valence-electron chi connectivity index (χ3n) is 6.39. The molecule has 2 N–H and O–H groups in total. The third kappa shape index (κ3) is 4.42. The van der Waals surface area contributed by atoms with Crippen molar-refractivity contribution in [2.45, 2.75) is 43.6 Å². The van der Waals surface area contributed by atoms with Gasteiger partial charge in [-0.15, -0.1) is 0 Å². The summed E-state index contributed by atoms with van der Waals surface area (Å²) in [6, 6.07) is 7.45. The number of aromatic nitrogens is 5.